The first-order valence-electron chi connectivity index (χ1n) is 3.33. The van der Waals surface area contributed by atoms with Crippen molar-refractivity contribution >= 4 is 11.9 Å². The van der Waals surface area contributed by atoms with Crippen LogP contribution in [0.3, 0.4) is 0 Å². The molecule has 1 rings (SSSR count). The van der Waals surface area contributed by atoms with Gasteiger partial charge in [0, 0.05) is 0 Å². The van der Waals surface area contributed by atoms with Crippen LogP contribution in [0.25, 0.3) is 0 Å². The van der Waals surface area contributed by atoms with Crippen molar-refractivity contribution in [2.75, 3.05) is 13.7 Å². The first kappa shape index (κ1) is 9.82. The molecule has 1 heterocycles. The number of hydrogen-bond donors (Lipinski definition) is 0. The van der Waals surface area contributed by atoms with Gasteiger partial charge in [0.15, 0.2) is 0 Å². The number of alkyl halides is 3. The van der Waals surface area contributed by atoms with E-state index in [4.69, 9.17) is 0 Å². The van der Waals surface area contributed by atoms with Gasteiger partial charge in [-0.2, -0.15) is 13.2 Å². The molecule has 0 bridgehead atoms. The second-order valence-corrected chi connectivity index (χ2v) is 2.49. The Balaban J connectivity index is 2.52. The standard InChI is InChI=1S/C6H6F3NO3/c1-13-4(11)3-2-10(3)5(12)6(7,8)9/h3H,2H2,1H3. The van der Waals surface area contributed by atoms with E-state index in [0.717, 1.165) is 7.11 Å². The minimum atomic E-state index is -4.91. The second kappa shape index (κ2) is 2.90. The average molecular weight is 197 g/mol. The first-order valence-corrected chi connectivity index (χ1v) is 3.33. The van der Waals surface area contributed by atoms with Crippen molar-refractivity contribution in [1.29, 1.82) is 0 Å². The van der Waals surface area contributed by atoms with Crippen LogP contribution >= 0.6 is 0 Å². The Morgan fingerprint density at radius 2 is 2.00 bits per heavy atom. The van der Waals surface area contributed by atoms with Crippen LogP contribution in [0.4, 0.5) is 13.2 Å². The molecule has 0 aliphatic carbocycles. The molecular weight excluding hydrogens is 191 g/mol. The number of methoxy groups -OCH3 is 1. The summed E-state index contributed by atoms with van der Waals surface area (Å²) in [5.41, 5.74) is 0. The lowest BCUT2D eigenvalue weighted by Crippen LogP contribution is -2.32. The molecule has 0 radical (unpaired) electrons. The number of carbonyl (C=O) groups is 2. The number of nitrogens with zero attached hydrogens (tertiary/aromatic N) is 1. The molecule has 13 heavy (non-hydrogen) atoms. The fourth-order valence-electron chi connectivity index (χ4n) is 0.864. The number of esters is 1. The summed E-state index contributed by atoms with van der Waals surface area (Å²) in [6.45, 7) is -0.217. The fourth-order valence-corrected chi connectivity index (χ4v) is 0.864. The van der Waals surface area contributed by atoms with Gasteiger partial charge in [-0.05, 0) is 0 Å². The van der Waals surface area contributed by atoms with Crippen LogP contribution in [0.2, 0.25) is 0 Å². The minimum absolute atomic E-state index is 0.217. The summed E-state index contributed by atoms with van der Waals surface area (Å²) in [7, 11) is 1.05. The predicted octanol–water partition coefficient (Wildman–Crippen LogP) is -0.0675. The number of rotatable bonds is 1. The highest BCUT2D eigenvalue weighted by molar-refractivity contribution is 5.92. The van der Waals surface area contributed by atoms with Gasteiger partial charge in [0.05, 0.1) is 13.7 Å². The third kappa shape index (κ3) is 1.90. The van der Waals surface area contributed by atoms with Crippen LogP contribution in [-0.2, 0) is 14.3 Å². The smallest absolute Gasteiger partial charge is 0.467 e. The average Bonchev–Trinajstić information content (AvgIpc) is 2.79. The fraction of sp³-hybridized carbons (Fsp3) is 0.667. The molecule has 4 nitrogen and oxygen atoms in total. The predicted molar refractivity (Wildman–Crippen MR) is 33.6 cm³/mol. The normalized spacial score (nSPS) is 21.2. The van der Waals surface area contributed by atoms with Crippen LogP contribution in [0, 0.1) is 0 Å². The van der Waals surface area contributed by atoms with Crippen LogP contribution in [0.5, 0.6) is 0 Å². The summed E-state index contributed by atoms with van der Waals surface area (Å²) in [6.07, 6.45) is -4.91. The Labute approximate surface area is 71.3 Å². The second-order valence-electron chi connectivity index (χ2n) is 2.49. The quantitative estimate of drug-likeness (QED) is 0.436. The number of carbonyl (C=O) groups excluding carboxylic acids is 2. The largest absolute Gasteiger partial charge is 0.471 e. The molecule has 74 valence electrons. The highest BCUT2D eigenvalue weighted by atomic mass is 19.4. The van der Waals surface area contributed by atoms with Gasteiger partial charge in [0.1, 0.15) is 6.04 Å². The zero-order chi connectivity index (χ0) is 10.2. The maximum absolute atomic E-state index is 11.7. The molecular formula is C6H6F3NO3. The Morgan fingerprint density at radius 3 is 2.38 bits per heavy atom. The molecule has 0 spiro atoms. The van der Waals surface area contributed by atoms with Crippen LogP contribution in [0.1, 0.15) is 0 Å². The molecule has 1 atom stereocenters. The monoisotopic (exact) mass is 197 g/mol. The Kier molecular flexibility index (Phi) is 2.19. The van der Waals surface area contributed by atoms with Gasteiger partial charge in [-0.1, -0.05) is 0 Å². The van der Waals surface area contributed by atoms with E-state index in [1.165, 1.54) is 0 Å². The molecule has 1 aliphatic heterocycles. The van der Waals surface area contributed by atoms with E-state index < -0.39 is 24.1 Å². The molecule has 0 aromatic carbocycles. The molecule has 0 aromatic rings. The molecule has 0 saturated carbocycles. The van der Waals surface area contributed by atoms with Crippen molar-refractivity contribution in [2.45, 2.75) is 12.2 Å². The lowest BCUT2D eigenvalue weighted by Gasteiger charge is -2.05. The van der Waals surface area contributed by atoms with Gasteiger partial charge in [-0.25, -0.2) is 4.79 Å². The first-order chi connectivity index (χ1) is 5.88. The van der Waals surface area contributed by atoms with Crippen LogP contribution < -0.4 is 0 Å². The van der Waals surface area contributed by atoms with Crippen molar-refractivity contribution in [1.82, 2.24) is 4.90 Å². The van der Waals surface area contributed by atoms with E-state index in [1.54, 1.807) is 0 Å². The van der Waals surface area contributed by atoms with E-state index >= 15 is 0 Å². The molecule has 0 aromatic heterocycles. The topological polar surface area (TPSA) is 46.4 Å². The third-order valence-electron chi connectivity index (χ3n) is 1.59. The van der Waals surface area contributed by atoms with Gasteiger partial charge in [0.2, 0.25) is 0 Å². The summed E-state index contributed by atoms with van der Waals surface area (Å²) in [5, 5.41) is 0. The molecule has 1 fully saturated rings. The number of ether oxygens (including phenoxy) is 1. The molecule has 1 saturated heterocycles. The molecule has 7 heteroatoms. The number of halogens is 3. The van der Waals surface area contributed by atoms with Crippen molar-refractivity contribution in [3.8, 4) is 0 Å². The Morgan fingerprint density at radius 1 is 1.46 bits per heavy atom. The van der Waals surface area contributed by atoms with Crippen LogP contribution in [0.15, 0.2) is 0 Å². The Hall–Kier alpha value is -1.27. The summed E-state index contributed by atoms with van der Waals surface area (Å²) >= 11 is 0. The number of hydrogen-bond acceptors (Lipinski definition) is 3. The van der Waals surface area contributed by atoms with Gasteiger partial charge >= 0.3 is 18.1 Å². The van der Waals surface area contributed by atoms with E-state index in [-0.39, 0.29) is 6.54 Å². The SMILES string of the molecule is COC(=O)C1CN1C(=O)C(F)(F)F. The van der Waals surface area contributed by atoms with Gasteiger partial charge in [0.25, 0.3) is 0 Å². The van der Waals surface area contributed by atoms with Crippen molar-refractivity contribution in [2.24, 2.45) is 0 Å². The minimum Gasteiger partial charge on any atom is -0.467 e. The van der Waals surface area contributed by atoms with Crippen molar-refractivity contribution in [3.05, 3.63) is 0 Å². The van der Waals surface area contributed by atoms with E-state index in [1.807, 2.05) is 0 Å². The van der Waals surface area contributed by atoms with Gasteiger partial charge < -0.3 is 9.64 Å². The third-order valence-corrected chi connectivity index (χ3v) is 1.59. The van der Waals surface area contributed by atoms with Crippen molar-refractivity contribution < 1.29 is 27.5 Å². The molecule has 0 N–H and O–H groups in total. The Bertz CT molecular complexity index is 250. The lowest BCUT2D eigenvalue weighted by molar-refractivity contribution is -0.180. The highest BCUT2D eigenvalue weighted by Crippen LogP contribution is 2.27. The zero-order valence-corrected chi connectivity index (χ0v) is 6.59. The maximum Gasteiger partial charge on any atom is 0.471 e. The molecule has 1 aliphatic rings. The van der Waals surface area contributed by atoms with Crippen LogP contribution in [-0.4, -0.2) is 42.6 Å². The van der Waals surface area contributed by atoms with Gasteiger partial charge in [-0.3, -0.25) is 4.79 Å². The summed E-state index contributed by atoms with van der Waals surface area (Å²) < 4.78 is 39.4. The summed E-state index contributed by atoms with van der Waals surface area (Å²) in [4.78, 5) is 21.5. The number of amides is 1. The highest BCUT2D eigenvalue weighted by Gasteiger charge is 2.54. The van der Waals surface area contributed by atoms with E-state index in [9.17, 15) is 22.8 Å². The zero-order valence-electron chi connectivity index (χ0n) is 6.59. The summed E-state index contributed by atoms with van der Waals surface area (Å²) in [6, 6.07) is -1.06. The maximum atomic E-state index is 11.7. The van der Waals surface area contributed by atoms with E-state index in [0.29, 0.717) is 4.90 Å². The molecule has 1 amide bonds. The van der Waals surface area contributed by atoms with E-state index in [2.05, 4.69) is 4.74 Å². The molecule has 1 unspecified atom stereocenters. The summed E-state index contributed by atoms with van der Waals surface area (Å²) in [5.74, 6) is -2.82. The van der Waals surface area contributed by atoms with Gasteiger partial charge in [-0.15, -0.1) is 0 Å². The van der Waals surface area contributed by atoms with Crippen molar-refractivity contribution in [3.63, 3.8) is 0 Å². The lowest BCUT2D eigenvalue weighted by atomic mass is 10.5.